The third-order valence-electron chi connectivity index (χ3n) is 5.41. The van der Waals surface area contributed by atoms with Crippen LogP contribution in [0.1, 0.15) is 40.7 Å². The minimum atomic E-state index is -0.507. The van der Waals surface area contributed by atoms with Crippen molar-refractivity contribution in [3.63, 3.8) is 0 Å². The first-order valence-corrected chi connectivity index (χ1v) is 10.9. The van der Waals surface area contributed by atoms with E-state index in [4.69, 9.17) is 4.74 Å². The number of amides is 3. The number of ether oxygens (including phenoxy) is 1. The van der Waals surface area contributed by atoms with Crippen molar-refractivity contribution in [2.45, 2.75) is 19.3 Å². The maximum absolute atomic E-state index is 13.3. The topological polar surface area (TPSA) is 96.5 Å². The van der Waals surface area contributed by atoms with Gasteiger partial charge in [-0.2, -0.15) is 0 Å². The second kappa shape index (κ2) is 9.99. The lowest BCUT2D eigenvalue weighted by molar-refractivity contribution is -0.120. The van der Waals surface area contributed by atoms with Gasteiger partial charge in [-0.15, -0.1) is 0 Å². The molecule has 3 amide bonds. The molecule has 1 aliphatic heterocycles. The Labute approximate surface area is 192 Å². The third-order valence-corrected chi connectivity index (χ3v) is 5.41. The lowest BCUT2D eigenvalue weighted by Crippen LogP contribution is -2.34. The third kappa shape index (κ3) is 5.03. The van der Waals surface area contributed by atoms with E-state index in [2.05, 4.69) is 16.0 Å². The fraction of sp³-hybridized carbons (Fsp3) is 0.192. The molecular weight excluding hydrogens is 418 g/mol. The summed E-state index contributed by atoms with van der Waals surface area (Å²) < 4.78 is 5.96. The summed E-state index contributed by atoms with van der Waals surface area (Å²) in [6, 6.07) is 21.7. The van der Waals surface area contributed by atoms with E-state index in [1.807, 2.05) is 48.5 Å². The molecule has 0 bridgehead atoms. The molecule has 0 aliphatic carbocycles. The lowest BCUT2D eigenvalue weighted by atomic mass is 9.87. The number of hydrogen-bond donors (Lipinski definition) is 3. The minimum absolute atomic E-state index is 0.0564. The molecule has 0 saturated carbocycles. The maximum Gasteiger partial charge on any atom is 0.251 e. The second-order valence-corrected chi connectivity index (χ2v) is 7.64. The lowest BCUT2D eigenvalue weighted by Gasteiger charge is -2.27. The van der Waals surface area contributed by atoms with Gasteiger partial charge in [-0.1, -0.05) is 43.3 Å². The number of nitrogens with one attached hydrogen (secondary N) is 3. The SMILES string of the molecule is CCC(=O)NCCNC(=O)c1ccc(NC(=O)C2c3ccccc3Oc3ccccc32)cc1. The van der Waals surface area contributed by atoms with Crippen LogP contribution >= 0.6 is 0 Å². The molecule has 33 heavy (non-hydrogen) atoms. The fourth-order valence-electron chi connectivity index (χ4n) is 3.72. The summed E-state index contributed by atoms with van der Waals surface area (Å²) in [6.45, 7) is 2.49. The van der Waals surface area contributed by atoms with E-state index in [0.717, 1.165) is 11.1 Å². The second-order valence-electron chi connectivity index (χ2n) is 7.64. The fourth-order valence-corrected chi connectivity index (χ4v) is 3.72. The van der Waals surface area contributed by atoms with Gasteiger partial charge in [-0.25, -0.2) is 0 Å². The predicted molar refractivity (Wildman–Crippen MR) is 126 cm³/mol. The van der Waals surface area contributed by atoms with Crippen molar-refractivity contribution in [1.82, 2.24) is 10.6 Å². The van der Waals surface area contributed by atoms with Gasteiger partial charge in [0.2, 0.25) is 11.8 Å². The van der Waals surface area contributed by atoms with Crippen LogP contribution in [0.25, 0.3) is 0 Å². The van der Waals surface area contributed by atoms with Crippen LogP contribution in [0.4, 0.5) is 5.69 Å². The first-order chi connectivity index (χ1) is 16.1. The van der Waals surface area contributed by atoms with Gasteiger partial charge in [-0.3, -0.25) is 14.4 Å². The van der Waals surface area contributed by atoms with Crippen LogP contribution in [0.5, 0.6) is 11.5 Å². The summed E-state index contributed by atoms with van der Waals surface area (Å²) in [5, 5.41) is 8.42. The Morgan fingerprint density at radius 3 is 1.97 bits per heavy atom. The van der Waals surface area contributed by atoms with Gasteiger partial charge in [0, 0.05) is 41.9 Å². The van der Waals surface area contributed by atoms with Gasteiger partial charge in [0.1, 0.15) is 11.5 Å². The van der Waals surface area contributed by atoms with Gasteiger partial charge in [0.05, 0.1) is 5.92 Å². The molecule has 0 fully saturated rings. The summed E-state index contributed by atoms with van der Waals surface area (Å²) in [6.07, 6.45) is 0.409. The zero-order valence-corrected chi connectivity index (χ0v) is 18.3. The minimum Gasteiger partial charge on any atom is -0.457 e. The molecule has 7 nitrogen and oxygen atoms in total. The summed E-state index contributed by atoms with van der Waals surface area (Å²) in [5.74, 6) is 0.344. The number of carbonyl (C=O) groups is 3. The highest BCUT2D eigenvalue weighted by atomic mass is 16.5. The first-order valence-electron chi connectivity index (χ1n) is 10.9. The van der Waals surface area contributed by atoms with E-state index >= 15 is 0 Å². The average molecular weight is 444 g/mol. The van der Waals surface area contributed by atoms with Crippen LogP contribution in [0.15, 0.2) is 72.8 Å². The molecule has 3 aromatic rings. The largest absolute Gasteiger partial charge is 0.457 e. The van der Waals surface area contributed by atoms with Crippen LogP contribution in [0.3, 0.4) is 0 Å². The molecule has 0 atom stereocenters. The monoisotopic (exact) mass is 443 g/mol. The van der Waals surface area contributed by atoms with Gasteiger partial charge in [-0.05, 0) is 36.4 Å². The molecule has 1 aliphatic rings. The number of carbonyl (C=O) groups excluding carboxylic acids is 3. The standard InChI is InChI=1S/C26H25N3O4/c1-2-23(30)27-15-16-28-25(31)17-11-13-18(14-12-17)29-26(32)24-19-7-3-5-9-21(19)33-22-10-6-4-8-20(22)24/h3-14,24H,2,15-16H2,1H3,(H,27,30)(H,28,31)(H,29,32). The van der Waals surface area contributed by atoms with Gasteiger partial charge in [0.15, 0.2) is 0 Å². The maximum atomic E-state index is 13.3. The molecule has 3 N–H and O–H groups in total. The number of anilines is 1. The Morgan fingerprint density at radius 1 is 0.788 bits per heavy atom. The van der Waals surface area contributed by atoms with Crippen molar-refractivity contribution in [2.24, 2.45) is 0 Å². The quantitative estimate of drug-likeness (QED) is 0.484. The molecule has 1 heterocycles. The Morgan fingerprint density at radius 2 is 1.36 bits per heavy atom. The Balaban J connectivity index is 1.42. The van der Waals surface area contributed by atoms with Crippen molar-refractivity contribution >= 4 is 23.4 Å². The Kier molecular flexibility index (Phi) is 6.69. The van der Waals surface area contributed by atoms with E-state index < -0.39 is 5.92 Å². The highest BCUT2D eigenvalue weighted by Crippen LogP contribution is 2.44. The molecular formula is C26H25N3O4. The normalized spacial score (nSPS) is 12.0. The van der Waals surface area contributed by atoms with E-state index in [-0.39, 0.29) is 17.7 Å². The van der Waals surface area contributed by atoms with E-state index in [9.17, 15) is 14.4 Å². The molecule has 0 radical (unpaired) electrons. The molecule has 7 heteroatoms. The van der Waals surface area contributed by atoms with Gasteiger partial charge < -0.3 is 20.7 Å². The van der Waals surface area contributed by atoms with Crippen molar-refractivity contribution in [3.05, 3.63) is 89.5 Å². The smallest absolute Gasteiger partial charge is 0.251 e. The first kappa shape index (κ1) is 22.1. The zero-order chi connectivity index (χ0) is 23.2. The van der Waals surface area contributed by atoms with E-state index in [1.165, 1.54) is 0 Å². The number of rotatable bonds is 7. The number of para-hydroxylation sites is 2. The zero-order valence-electron chi connectivity index (χ0n) is 18.3. The van der Waals surface area contributed by atoms with Crippen LogP contribution in [-0.2, 0) is 9.59 Å². The molecule has 0 unspecified atom stereocenters. The number of hydrogen-bond acceptors (Lipinski definition) is 4. The summed E-state index contributed by atoms with van der Waals surface area (Å²) in [5.41, 5.74) is 2.67. The molecule has 0 spiro atoms. The van der Waals surface area contributed by atoms with Crippen molar-refractivity contribution in [2.75, 3.05) is 18.4 Å². The molecule has 0 aromatic heterocycles. The average Bonchev–Trinajstić information content (AvgIpc) is 2.85. The van der Waals surface area contributed by atoms with Gasteiger partial charge in [0.25, 0.3) is 5.91 Å². The number of benzene rings is 3. The van der Waals surface area contributed by atoms with E-state index in [1.54, 1.807) is 31.2 Å². The summed E-state index contributed by atoms with van der Waals surface area (Å²) in [4.78, 5) is 36.8. The molecule has 168 valence electrons. The van der Waals surface area contributed by atoms with Crippen LogP contribution < -0.4 is 20.7 Å². The molecule has 3 aromatic carbocycles. The van der Waals surface area contributed by atoms with Gasteiger partial charge >= 0.3 is 0 Å². The van der Waals surface area contributed by atoms with Crippen LogP contribution in [0.2, 0.25) is 0 Å². The van der Waals surface area contributed by atoms with Crippen LogP contribution in [0, 0.1) is 0 Å². The van der Waals surface area contributed by atoms with Crippen LogP contribution in [-0.4, -0.2) is 30.8 Å². The Bertz CT molecular complexity index is 1130. The Hall–Kier alpha value is -4.13. The predicted octanol–water partition coefficient (Wildman–Crippen LogP) is 3.82. The van der Waals surface area contributed by atoms with Crippen molar-refractivity contribution < 1.29 is 19.1 Å². The number of fused-ring (bicyclic) bond motifs is 2. The van der Waals surface area contributed by atoms with Crippen molar-refractivity contribution in [1.29, 1.82) is 0 Å². The summed E-state index contributed by atoms with van der Waals surface area (Å²) >= 11 is 0. The highest BCUT2D eigenvalue weighted by molar-refractivity contribution is 6.00. The summed E-state index contributed by atoms with van der Waals surface area (Å²) in [7, 11) is 0. The molecule has 4 rings (SSSR count). The van der Waals surface area contributed by atoms with E-state index in [0.29, 0.717) is 42.3 Å². The highest BCUT2D eigenvalue weighted by Gasteiger charge is 2.32. The van der Waals surface area contributed by atoms with Crippen molar-refractivity contribution in [3.8, 4) is 11.5 Å². The molecule has 0 saturated heterocycles.